The highest BCUT2D eigenvalue weighted by Crippen LogP contribution is 2.42. The highest BCUT2D eigenvalue weighted by Gasteiger charge is 2.49. The van der Waals surface area contributed by atoms with E-state index in [-0.39, 0.29) is 11.3 Å². The zero-order chi connectivity index (χ0) is 14.9. The van der Waals surface area contributed by atoms with Crippen molar-refractivity contribution in [1.29, 1.82) is 0 Å². The second-order valence-corrected chi connectivity index (χ2v) is 7.46. The third kappa shape index (κ3) is 2.94. The second kappa shape index (κ2) is 5.95. The van der Waals surface area contributed by atoms with Gasteiger partial charge in [-0.05, 0) is 18.4 Å². The molecule has 1 saturated carbocycles. The molecule has 120 valence electrons. The van der Waals surface area contributed by atoms with Crippen LogP contribution in [0.1, 0.15) is 50.5 Å². The van der Waals surface area contributed by atoms with Crippen molar-refractivity contribution in [3.05, 3.63) is 35.9 Å². The lowest BCUT2D eigenvalue weighted by Gasteiger charge is -2.41. The van der Waals surface area contributed by atoms with Gasteiger partial charge in [0.25, 0.3) is 0 Å². The van der Waals surface area contributed by atoms with E-state index >= 15 is 0 Å². The summed E-state index contributed by atoms with van der Waals surface area (Å²) in [6, 6.07) is 10.8. The quantitative estimate of drug-likeness (QED) is 0.907. The first-order valence-electron chi connectivity index (χ1n) is 8.99. The molecule has 0 amide bonds. The van der Waals surface area contributed by atoms with Crippen LogP contribution in [0.4, 0.5) is 0 Å². The Balaban J connectivity index is 1.34. The number of likely N-dealkylation sites (tertiary alicyclic amines) is 1. The topological polar surface area (TPSA) is 24.5 Å². The van der Waals surface area contributed by atoms with Crippen LogP contribution < -0.4 is 5.32 Å². The standard InChI is InChI=1S/C19H28N2O/c1-3-7-17(8-4-1)15-21-13-11-19(12-14-21)20-16-18(22-19)9-5-2-6-10-18/h1,3-4,7-8,20H,2,5-6,9-16H2. The van der Waals surface area contributed by atoms with Gasteiger partial charge < -0.3 is 4.74 Å². The largest absolute Gasteiger partial charge is 0.353 e. The molecule has 3 fully saturated rings. The Morgan fingerprint density at radius 3 is 2.41 bits per heavy atom. The lowest BCUT2D eigenvalue weighted by molar-refractivity contribution is -0.144. The van der Waals surface area contributed by atoms with E-state index in [1.165, 1.54) is 37.7 Å². The smallest absolute Gasteiger partial charge is 0.122 e. The molecule has 22 heavy (non-hydrogen) atoms. The predicted molar refractivity (Wildman–Crippen MR) is 88.6 cm³/mol. The normalized spacial score (nSPS) is 27.5. The fourth-order valence-corrected chi connectivity index (χ4v) is 4.48. The van der Waals surface area contributed by atoms with Crippen LogP contribution in [0.25, 0.3) is 0 Å². The molecule has 3 nitrogen and oxygen atoms in total. The molecule has 3 aliphatic rings. The van der Waals surface area contributed by atoms with Crippen LogP contribution in [-0.2, 0) is 11.3 Å². The van der Waals surface area contributed by atoms with Crippen LogP contribution in [0.3, 0.4) is 0 Å². The molecule has 0 bridgehead atoms. The Hall–Kier alpha value is -0.900. The molecule has 2 aliphatic heterocycles. The Morgan fingerprint density at radius 2 is 1.68 bits per heavy atom. The Kier molecular flexibility index (Phi) is 3.97. The Labute approximate surface area is 134 Å². The first-order chi connectivity index (χ1) is 10.8. The Morgan fingerprint density at radius 1 is 0.955 bits per heavy atom. The fraction of sp³-hybridized carbons (Fsp3) is 0.684. The highest BCUT2D eigenvalue weighted by molar-refractivity contribution is 5.14. The monoisotopic (exact) mass is 300 g/mol. The van der Waals surface area contributed by atoms with Crippen molar-refractivity contribution in [2.24, 2.45) is 0 Å². The molecule has 2 saturated heterocycles. The summed E-state index contributed by atoms with van der Waals surface area (Å²) >= 11 is 0. The first-order valence-corrected chi connectivity index (χ1v) is 8.99. The predicted octanol–water partition coefficient (Wildman–Crippen LogP) is 3.30. The van der Waals surface area contributed by atoms with Crippen LogP contribution in [0.2, 0.25) is 0 Å². The summed E-state index contributed by atoms with van der Waals surface area (Å²) in [4.78, 5) is 2.57. The van der Waals surface area contributed by atoms with E-state index in [1.807, 2.05) is 0 Å². The summed E-state index contributed by atoms with van der Waals surface area (Å²) in [5.74, 6) is 0. The van der Waals surface area contributed by atoms with Gasteiger partial charge in [0, 0.05) is 39.0 Å². The van der Waals surface area contributed by atoms with Gasteiger partial charge in [0.15, 0.2) is 0 Å². The van der Waals surface area contributed by atoms with E-state index in [0.717, 1.165) is 39.0 Å². The van der Waals surface area contributed by atoms with Crippen molar-refractivity contribution < 1.29 is 4.74 Å². The summed E-state index contributed by atoms with van der Waals surface area (Å²) in [6.45, 7) is 4.42. The fourth-order valence-electron chi connectivity index (χ4n) is 4.48. The molecule has 4 rings (SSSR count). The molecule has 2 spiro atoms. The average molecular weight is 300 g/mol. The van der Waals surface area contributed by atoms with Crippen molar-refractivity contribution in [2.75, 3.05) is 19.6 Å². The second-order valence-electron chi connectivity index (χ2n) is 7.46. The zero-order valence-electron chi connectivity index (χ0n) is 13.5. The van der Waals surface area contributed by atoms with Crippen molar-refractivity contribution in [1.82, 2.24) is 10.2 Å². The molecule has 1 aromatic carbocycles. The Bertz CT molecular complexity index is 487. The van der Waals surface area contributed by atoms with Crippen molar-refractivity contribution in [2.45, 2.75) is 62.8 Å². The molecule has 0 atom stereocenters. The van der Waals surface area contributed by atoms with E-state index in [0.29, 0.717) is 0 Å². The van der Waals surface area contributed by atoms with Crippen LogP contribution in [0.5, 0.6) is 0 Å². The average Bonchev–Trinajstić information content (AvgIpc) is 2.90. The van der Waals surface area contributed by atoms with E-state index in [4.69, 9.17) is 4.74 Å². The molecular formula is C19H28N2O. The molecule has 1 aromatic rings. The van der Waals surface area contributed by atoms with Gasteiger partial charge in [0.05, 0.1) is 5.60 Å². The van der Waals surface area contributed by atoms with Gasteiger partial charge in [-0.25, -0.2) is 0 Å². The minimum atomic E-state index is -0.0233. The van der Waals surface area contributed by atoms with E-state index in [1.54, 1.807) is 0 Å². The summed E-state index contributed by atoms with van der Waals surface area (Å²) in [5.41, 5.74) is 1.56. The van der Waals surface area contributed by atoms with Gasteiger partial charge in [-0.1, -0.05) is 49.6 Å². The van der Waals surface area contributed by atoms with Gasteiger partial charge in [-0.15, -0.1) is 0 Å². The first kappa shape index (κ1) is 14.7. The molecule has 3 heteroatoms. The third-order valence-corrected chi connectivity index (χ3v) is 5.82. The van der Waals surface area contributed by atoms with Crippen LogP contribution >= 0.6 is 0 Å². The minimum Gasteiger partial charge on any atom is -0.353 e. The lowest BCUT2D eigenvalue weighted by atomic mass is 9.85. The number of benzene rings is 1. The van der Waals surface area contributed by atoms with Crippen LogP contribution in [0, 0.1) is 0 Å². The maximum absolute atomic E-state index is 6.68. The number of hydrogen-bond donors (Lipinski definition) is 1. The zero-order valence-corrected chi connectivity index (χ0v) is 13.5. The highest BCUT2D eigenvalue weighted by atomic mass is 16.6. The third-order valence-electron chi connectivity index (χ3n) is 5.82. The minimum absolute atomic E-state index is 0.0233. The number of nitrogens with one attached hydrogen (secondary N) is 1. The van der Waals surface area contributed by atoms with Gasteiger partial charge in [0.2, 0.25) is 0 Å². The SMILES string of the molecule is c1ccc(CN2CCC3(CC2)NCC2(CCCCC2)O3)cc1. The number of nitrogens with zero attached hydrogens (tertiary/aromatic N) is 1. The van der Waals surface area contributed by atoms with Gasteiger partial charge >= 0.3 is 0 Å². The molecule has 2 heterocycles. The summed E-state index contributed by atoms with van der Waals surface area (Å²) in [5, 5.41) is 3.77. The molecule has 0 unspecified atom stereocenters. The number of piperidine rings is 1. The van der Waals surface area contributed by atoms with E-state index in [2.05, 4.69) is 40.5 Å². The van der Waals surface area contributed by atoms with Crippen LogP contribution in [0.15, 0.2) is 30.3 Å². The lowest BCUT2D eigenvalue weighted by Crippen LogP contribution is -2.51. The van der Waals surface area contributed by atoms with Gasteiger partial charge in [-0.3, -0.25) is 10.2 Å². The molecule has 0 radical (unpaired) electrons. The van der Waals surface area contributed by atoms with Gasteiger partial charge in [0.1, 0.15) is 5.72 Å². The van der Waals surface area contributed by atoms with Crippen molar-refractivity contribution >= 4 is 0 Å². The molecule has 1 aliphatic carbocycles. The summed E-state index contributed by atoms with van der Waals surface area (Å²) in [7, 11) is 0. The van der Waals surface area contributed by atoms with E-state index in [9.17, 15) is 0 Å². The van der Waals surface area contributed by atoms with E-state index < -0.39 is 0 Å². The number of rotatable bonds is 2. The van der Waals surface area contributed by atoms with Crippen molar-refractivity contribution in [3.8, 4) is 0 Å². The molecule has 0 aromatic heterocycles. The van der Waals surface area contributed by atoms with Gasteiger partial charge in [-0.2, -0.15) is 0 Å². The molecule has 1 N–H and O–H groups in total. The maximum Gasteiger partial charge on any atom is 0.122 e. The number of ether oxygens (including phenoxy) is 1. The summed E-state index contributed by atoms with van der Waals surface area (Å²) in [6.07, 6.45) is 8.85. The van der Waals surface area contributed by atoms with Crippen LogP contribution in [-0.4, -0.2) is 35.9 Å². The summed E-state index contributed by atoms with van der Waals surface area (Å²) < 4.78 is 6.68. The maximum atomic E-state index is 6.68. The molecular weight excluding hydrogens is 272 g/mol. The number of hydrogen-bond acceptors (Lipinski definition) is 3. The van der Waals surface area contributed by atoms with Crippen molar-refractivity contribution in [3.63, 3.8) is 0 Å².